The number of hydrogen-bond donors (Lipinski definition) is 1. The van der Waals surface area contributed by atoms with Crippen molar-refractivity contribution < 1.29 is 5.11 Å². The minimum absolute atomic E-state index is 0.356. The van der Waals surface area contributed by atoms with Gasteiger partial charge in [-0.05, 0) is 0 Å². The van der Waals surface area contributed by atoms with E-state index in [9.17, 15) is 0 Å². The van der Waals surface area contributed by atoms with Crippen LogP contribution in [0, 0.1) is 6.42 Å². The molecule has 1 rings (SSSR count). The second kappa shape index (κ2) is 1.94. The smallest absolute Gasteiger partial charge is 0.0793 e. The molecule has 1 aliphatic carbocycles. The van der Waals surface area contributed by atoms with Gasteiger partial charge in [-0.1, -0.05) is 24.3 Å². The van der Waals surface area contributed by atoms with Gasteiger partial charge in [0.2, 0.25) is 0 Å². The Morgan fingerprint density at radius 3 is 2.29 bits per heavy atom. The lowest BCUT2D eigenvalue weighted by Gasteiger charge is -2.00. The first-order valence-corrected chi connectivity index (χ1v) is 2.26. The predicted octanol–water partition coefficient (Wildman–Crippen LogP) is 0.678. The van der Waals surface area contributed by atoms with E-state index in [1.165, 1.54) is 0 Å². The van der Waals surface area contributed by atoms with Gasteiger partial charge in [0.15, 0.2) is 0 Å². The molecular formula is C6H7O. The summed E-state index contributed by atoms with van der Waals surface area (Å²) >= 11 is 0. The predicted molar refractivity (Wildman–Crippen MR) is 28.6 cm³/mol. The molecule has 0 fully saturated rings. The van der Waals surface area contributed by atoms with Crippen LogP contribution in [0.25, 0.3) is 0 Å². The molecule has 1 aliphatic rings. The van der Waals surface area contributed by atoms with Crippen LogP contribution in [0.2, 0.25) is 0 Å². The van der Waals surface area contributed by atoms with E-state index >= 15 is 0 Å². The second-order valence-electron chi connectivity index (χ2n) is 1.45. The molecule has 1 N–H and O–H groups in total. The Bertz CT molecular complexity index is 103. The van der Waals surface area contributed by atoms with Crippen LogP contribution in [-0.4, -0.2) is 11.2 Å². The molecule has 1 nitrogen and oxygen atoms in total. The van der Waals surface area contributed by atoms with E-state index in [-0.39, 0.29) is 6.10 Å². The molecule has 0 spiro atoms. The second-order valence-corrected chi connectivity index (χ2v) is 1.45. The van der Waals surface area contributed by atoms with Gasteiger partial charge in [0.1, 0.15) is 0 Å². The number of allylic oxidation sites excluding steroid dienone is 2. The van der Waals surface area contributed by atoms with Crippen LogP contribution in [0.3, 0.4) is 0 Å². The first-order chi connectivity index (χ1) is 3.39. The first kappa shape index (κ1) is 4.60. The Kier molecular flexibility index (Phi) is 1.27. The summed E-state index contributed by atoms with van der Waals surface area (Å²) in [5.41, 5.74) is 0. The molecule has 0 saturated heterocycles. The summed E-state index contributed by atoms with van der Waals surface area (Å²) in [6.45, 7) is 0. The van der Waals surface area contributed by atoms with Crippen LogP contribution in [0.5, 0.6) is 0 Å². The highest BCUT2D eigenvalue weighted by Gasteiger charge is 1.95. The first-order valence-electron chi connectivity index (χ1n) is 2.26. The van der Waals surface area contributed by atoms with Crippen LogP contribution in [0.1, 0.15) is 0 Å². The summed E-state index contributed by atoms with van der Waals surface area (Å²) in [7, 11) is 0. The fraction of sp³-hybridized carbons (Fsp3) is 0.167. The van der Waals surface area contributed by atoms with Gasteiger partial charge in [0, 0.05) is 6.42 Å². The Hall–Kier alpha value is -0.560. The van der Waals surface area contributed by atoms with E-state index in [0.29, 0.717) is 0 Å². The summed E-state index contributed by atoms with van der Waals surface area (Å²) in [6, 6.07) is 0. The highest BCUT2D eigenvalue weighted by Crippen LogP contribution is 1.98. The molecule has 0 aromatic heterocycles. The molecule has 7 heavy (non-hydrogen) atoms. The fourth-order valence-electron chi connectivity index (χ4n) is 0.484. The van der Waals surface area contributed by atoms with E-state index in [2.05, 4.69) is 0 Å². The molecule has 0 aliphatic heterocycles. The topological polar surface area (TPSA) is 20.2 Å². The van der Waals surface area contributed by atoms with Crippen LogP contribution >= 0.6 is 0 Å². The molecule has 1 heteroatoms. The zero-order valence-corrected chi connectivity index (χ0v) is 3.91. The molecular weight excluding hydrogens is 88.1 g/mol. The molecule has 1 atom stereocenters. The summed E-state index contributed by atoms with van der Waals surface area (Å²) < 4.78 is 0. The van der Waals surface area contributed by atoms with Gasteiger partial charge in [-0.15, -0.1) is 0 Å². The van der Waals surface area contributed by atoms with Crippen molar-refractivity contribution in [3.8, 4) is 0 Å². The van der Waals surface area contributed by atoms with Crippen molar-refractivity contribution in [3.05, 3.63) is 30.7 Å². The van der Waals surface area contributed by atoms with Crippen molar-refractivity contribution in [1.29, 1.82) is 0 Å². The maximum absolute atomic E-state index is 8.72. The quantitative estimate of drug-likeness (QED) is 0.469. The maximum Gasteiger partial charge on any atom is 0.0793 e. The Balaban J connectivity index is 2.49. The summed E-state index contributed by atoms with van der Waals surface area (Å²) in [4.78, 5) is 0. The molecule has 0 amide bonds. The SMILES string of the molecule is OC1[CH]C=CC=C1. The summed E-state index contributed by atoms with van der Waals surface area (Å²) in [5.74, 6) is 0. The van der Waals surface area contributed by atoms with Crippen LogP contribution in [0.15, 0.2) is 24.3 Å². The van der Waals surface area contributed by atoms with Gasteiger partial charge in [-0.25, -0.2) is 0 Å². The van der Waals surface area contributed by atoms with Crippen molar-refractivity contribution in [3.63, 3.8) is 0 Å². The van der Waals surface area contributed by atoms with Gasteiger partial charge in [-0.2, -0.15) is 0 Å². The van der Waals surface area contributed by atoms with Gasteiger partial charge in [0.25, 0.3) is 0 Å². The van der Waals surface area contributed by atoms with Gasteiger partial charge in [0.05, 0.1) is 6.10 Å². The minimum atomic E-state index is -0.356. The van der Waals surface area contributed by atoms with E-state index in [1.807, 2.05) is 18.2 Å². The lowest BCUT2D eigenvalue weighted by molar-refractivity contribution is 0.259. The van der Waals surface area contributed by atoms with Gasteiger partial charge >= 0.3 is 0 Å². The summed E-state index contributed by atoms with van der Waals surface area (Å²) in [6.07, 6.45) is 8.62. The number of rotatable bonds is 0. The largest absolute Gasteiger partial charge is 0.388 e. The zero-order valence-electron chi connectivity index (χ0n) is 3.91. The number of aliphatic hydroxyl groups excluding tert-OH is 1. The fourth-order valence-corrected chi connectivity index (χ4v) is 0.484. The van der Waals surface area contributed by atoms with E-state index in [0.717, 1.165) is 0 Å². The molecule has 0 saturated carbocycles. The Labute approximate surface area is 43.0 Å². The van der Waals surface area contributed by atoms with Crippen LogP contribution in [0.4, 0.5) is 0 Å². The van der Waals surface area contributed by atoms with E-state index in [1.54, 1.807) is 12.5 Å². The zero-order chi connectivity index (χ0) is 5.11. The average molecular weight is 95.1 g/mol. The van der Waals surface area contributed by atoms with Gasteiger partial charge in [-0.3, -0.25) is 0 Å². The van der Waals surface area contributed by atoms with Crippen molar-refractivity contribution >= 4 is 0 Å². The van der Waals surface area contributed by atoms with E-state index in [4.69, 9.17) is 5.11 Å². The molecule has 0 bridgehead atoms. The van der Waals surface area contributed by atoms with Crippen LogP contribution < -0.4 is 0 Å². The normalized spacial score (nSPS) is 28.4. The van der Waals surface area contributed by atoms with E-state index < -0.39 is 0 Å². The lowest BCUT2D eigenvalue weighted by atomic mass is 10.1. The molecule has 0 aromatic rings. The maximum atomic E-state index is 8.72. The van der Waals surface area contributed by atoms with Crippen molar-refractivity contribution in [2.75, 3.05) is 0 Å². The average Bonchev–Trinajstić information content (AvgIpc) is 1.69. The minimum Gasteiger partial charge on any atom is -0.388 e. The molecule has 37 valence electrons. The number of aliphatic hydroxyl groups is 1. The molecule has 0 heterocycles. The molecule has 0 aromatic carbocycles. The third kappa shape index (κ3) is 1.16. The monoisotopic (exact) mass is 95.0 g/mol. The van der Waals surface area contributed by atoms with Gasteiger partial charge < -0.3 is 5.11 Å². The Morgan fingerprint density at radius 2 is 2.00 bits per heavy atom. The highest BCUT2D eigenvalue weighted by atomic mass is 16.3. The lowest BCUT2D eigenvalue weighted by Crippen LogP contribution is -2.01. The van der Waals surface area contributed by atoms with Crippen molar-refractivity contribution in [1.82, 2.24) is 0 Å². The summed E-state index contributed by atoms with van der Waals surface area (Å²) in [5, 5.41) is 8.72. The highest BCUT2D eigenvalue weighted by molar-refractivity contribution is 5.19. The Morgan fingerprint density at radius 1 is 1.14 bits per heavy atom. The van der Waals surface area contributed by atoms with Crippen molar-refractivity contribution in [2.24, 2.45) is 0 Å². The third-order valence-electron chi connectivity index (χ3n) is 0.839. The molecule has 1 unspecified atom stereocenters. The van der Waals surface area contributed by atoms with Crippen molar-refractivity contribution in [2.45, 2.75) is 6.10 Å². The molecule has 1 radical (unpaired) electrons. The standard InChI is InChI=1S/C6H7O/c7-6-4-2-1-3-5-6/h1-7H. The third-order valence-corrected chi connectivity index (χ3v) is 0.839. The number of hydrogen-bond acceptors (Lipinski definition) is 1. The van der Waals surface area contributed by atoms with Crippen LogP contribution in [-0.2, 0) is 0 Å².